The average Bonchev–Trinajstić information content (AvgIpc) is 3.37. The highest BCUT2D eigenvalue weighted by Crippen LogP contribution is 2.31. The molecule has 2 fully saturated rings. The number of rotatable bonds is 3. The molecule has 5 heterocycles. The van der Waals surface area contributed by atoms with E-state index in [2.05, 4.69) is 32.6 Å². The number of halogens is 1. The summed E-state index contributed by atoms with van der Waals surface area (Å²) in [5.41, 5.74) is 9.17. The van der Waals surface area contributed by atoms with E-state index >= 15 is 0 Å². The third kappa shape index (κ3) is 3.34. The summed E-state index contributed by atoms with van der Waals surface area (Å²) in [6, 6.07) is 5.69. The van der Waals surface area contributed by atoms with Crippen LogP contribution in [-0.2, 0) is 0 Å². The molecule has 0 aliphatic carbocycles. The normalized spacial score (nSPS) is 23.6. The van der Waals surface area contributed by atoms with Gasteiger partial charge in [-0.05, 0) is 42.4 Å². The second-order valence-electron chi connectivity index (χ2n) is 7.99. The maximum atomic E-state index is 6.18. The van der Waals surface area contributed by atoms with Crippen LogP contribution >= 0.6 is 11.6 Å². The molecule has 0 unspecified atom stereocenters. The summed E-state index contributed by atoms with van der Waals surface area (Å²) < 4.78 is 1.98. The Labute approximate surface area is 169 Å². The van der Waals surface area contributed by atoms with Gasteiger partial charge in [0.25, 0.3) is 0 Å². The van der Waals surface area contributed by atoms with Crippen molar-refractivity contribution >= 4 is 23.2 Å². The van der Waals surface area contributed by atoms with Crippen molar-refractivity contribution in [3.63, 3.8) is 0 Å². The Hall–Kier alpha value is -2.22. The Balaban J connectivity index is 1.45. The fourth-order valence-corrected chi connectivity index (χ4v) is 4.66. The summed E-state index contributed by atoms with van der Waals surface area (Å²) in [5.74, 6) is 2.73. The first-order valence-corrected chi connectivity index (χ1v) is 10.2. The lowest BCUT2D eigenvalue weighted by Gasteiger charge is -2.38. The van der Waals surface area contributed by atoms with Crippen LogP contribution in [0.5, 0.6) is 0 Å². The lowest BCUT2D eigenvalue weighted by atomic mass is 9.82. The van der Waals surface area contributed by atoms with Crippen molar-refractivity contribution in [2.24, 2.45) is 17.8 Å². The van der Waals surface area contributed by atoms with Crippen LogP contribution in [0.25, 0.3) is 17.0 Å². The number of anilines is 1. The van der Waals surface area contributed by atoms with Gasteiger partial charge in [0.05, 0.1) is 22.6 Å². The van der Waals surface area contributed by atoms with Crippen LogP contribution in [0.15, 0.2) is 36.8 Å². The molecule has 28 heavy (non-hydrogen) atoms. The Morgan fingerprint density at radius 1 is 1.07 bits per heavy atom. The first kappa shape index (κ1) is 17.8. The second kappa shape index (κ2) is 7.31. The summed E-state index contributed by atoms with van der Waals surface area (Å²) in [6.45, 7) is 6.39. The minimum Gasteiger partial charge on any atom is -0.340 e. The number of nitrogens with zero attached hydrogens (tertiary/aromatic N) is 5. The topological polar surface area (TPSA) is 70.4 Å². The van der Waals surface area contributed by atoms with Gasteiger partial charge in [0, 0.05) is 38.6 Å². The summed E-state index contributed by atoms with van der Waals surface area (Å²) >= 11 is 6.18. The molecule has 7 nitrogen and oxygen atoms in total. The van der Waals surface area contributed by atoms with Crippen molar-refractivity contribution in [1.29, 1.82) is 0 Å². The van der Waals surface area contributed by atoms with Crippen molar-refractivity contribution in [3.05, 3.63) is 41.8 Å². The molecule has 2 saturated heterocycles. The molecular formula is C20H24ClN7. The van der Waals surface area contributed by atoms with Crippen LogP contribution in [0, 0.1) is 17.8 Å². The van der Waals surface area contributed by atoms with Crippen LogP contribution in [0.2, 0.25) is 5.02 Å². The van der Waals surface area contributed by atoms with E-state index in [0.717, 1.165) is 49.2 Å². The van der Waals surface area contributed by atoms with Crippen LogP contribution < -0.4 is 15.8 Å². The van der Waals surface area contributed by atoms with E-state index in [0.29, 0.717) is 22.8 Å². The first-order chi connectivity index (χ1) is 13.7. The molecule has 0 radical (unpaired) electrons. The van der Waals surface area contributed by atoms with Crippen molar-refractivity contribution in [2.75, 3.05) is 31.1 Å². The van der Waals surface area contributed by atoms with Crippen molar-refractivity contribution < 1.29 is 0 Å². The zero-order chi connectivity index (χ0) is 19.1. The number of aromatic nitrogens is 4. The minimum atomic E-state index is 0.626. The summed E-state index contributed by atoms with van der Waals surface area (Å²) in [5, 5.41) is 0.674. The summed E-state index contributed by atoms with van der Waals surface area (Å²) in [7, 11) is 0. The molecule has 3 aromatic heterocycles. The highest BCUT2D eigenvalue weighted by Gasteiger charge is 2.33. The van der Waals surface area contributed by atoms with E-state index in [-0.39, 0.29) is 0 Å². The van der Waals surface area contributed by atoms with Gasteiger partial charge in [0.2, 0.25) is 5.95 Å². The van der Waals surface area contributed by atoms with Crippen LogP contribution in [0.3, 0.4) is 0 Å². The molecule has 0 spiro atoms. The van der Waals surface area contributed by atoms with Gasteiger partial charge in [-0.1, -0.05) is 18.5 Å². The van der Waals surface area contributed by atoms with Gasteiger partial charge in [-0.15, -0.1) is 0 Å². The predicted octanol–water partition coefficient (Wildman–Crippen LogP) is 2.63. The lowest BCUT2D eigenvalue weighted by molar-refractivity contribution is 0.262. The summed E-state index contributed by atoms with van der Waals surface area (Å²) in [4.78, 5) is 16.3. The van der Waals surface area contributed by atoms with Crippen molar-refractivity contribution in [3.8, 4) is 11.4 Å². The first-order valence-electron chi connectivity index (χ1n) is 9.84. The van der Waals surface area contributed by atoms with E-state index in [9.17, 15) is 0 Å². The van der Waals surface area contributed by atoms with Crippen molar-refractivity contribution in [2.45, 2.75) is 13.3 Å². The van der Waals surface area contributed by atoms with Gasteiger partial charge >= 0.3 is 0 Å². The van der Waals surface area contributed by atoms with Crippen LogP contribution in [0.1, 0.15) is 13.3 Å². The van der Waals surface area contributed by atoms with Crippen molar-refractivity contribution in [1.82, 2.24) is 30.2 Å². The Bertz CT molecular complexity index is 982. The third-order valence-electron chi connectivity index (χ3n) is 5.87. The second-order valence-corrected chi connectivity index (χ2v) is 8.43. The number of piperidine rings is 1. The molecule has 146 valence electrons. The maximum Gasteiger partial charge on any atom is 0.225 e. The van der Waals surface area contributed by atoms with Gasteiger partial charge in [0.1, 0.15) is 5.65 Å². The van der Waals surface area contributed by atoms with Gasteiger partial charge in [-0.25, -0.2) is 15.0 Å². The average molecular weight is 398 g/mol. The highest BCUT2D eigenvalue weighted by atomic mass is 35.5. The molecule has 0 bridgehead atoms. The lowest BCUT2D eigenvalue weighted by Crippen LogP contribution is -2.44. The number of hydrogen-bond donors (Lipinski definition) is 2. The van der Waals surface area contributed by atoms with Gasteiger partial charge < -0.3 is 4.90 Å². The zero-order valence-corrected chi connectivity index (χ0v) is 16.6. The molecule has 5 rings (SSSR count). The van der Waals surface area contributed by atoms with Crippen LogP contribution in [-0.4, -0.2) is 45.5 Å². The molecule has 2 aliphatic heterocycles. The van der Waals surface area contributed by atoms with E-state index in [4.69, 9.17) is 16.6 Å². The number of pyridine rings is 1. The number of hydrazine groups is 1. The Morgan fingerprint density at radius 2 is 1.93 bits per heavy atom. The predicted molar refractivity (Wildman–Crippen MR) is 110 cm³/mol. The Kier molecular flexibility index (Phi) is 4.66. The largest absolute Gasteiger partial charge is 0.340 e. The maximum absolute atomic E-state index is 6.18. The monoisotopic (exact) mass is 397 g/mol. The molecule has 2 N–H and O–H groups in total. The van der Waals surface area contributed by atoms with E-state index < -0.39 is 0 Å². The minimum absolute atomic E-state index is 0.626. The quantitative estimate of drug-likeness (QED) is 0.708. The number of hydrogen-bond acceptors (Lipinski definition) is 6. The fourth-order valence-electron chi connectivity index (χ4n) is 4.50. The van der Waals surface area contributed by atoms with E-state index in [1.165, 1.54) is 6.42 Å². The number of fused-ring (bicyclic) bond motifs is 1. The van der Waals surface area contributed by atoms with Crippen LogP contribution in [0.4, 0.5) is 5.95 Å². The molecule has 0 saturated carbocycles. The SMILES string of the molecule is C[C@H]1C[C@H](C2CNNC2)CN(c2nccc(-c3cnc4ccc(Cl)cn34)n2)C1. The van der Waals surface area contributed by atoms with Gasteiger partial charge in [-0.3, -0.25) is 15.3 Å². The molecule has 2 atom stereocenters. The van der Waals surface area contributed by atoms with E-state index in [1.54, 1.807) is 0 Å². The molecule has 0 amide bonds. The van der Waals surface area contributed by atoms with E-state index in [1.807, 2.05) is 41.2 Å². The van der Waals surface area contributed by atoms with Gasteiger partial charge in [-0.2, -0.15) is 0 Å². The summed E-state index contributed by atoms with van der Waals surface area (Å²) in [6.07, 6.45) is 6.82. The molecular weight excluding hydrogens is 374 g/mol. The van der Waals surface area contributed by atoms with Gasteiger partial charge in [0.15, 0.2) is 0 Å². The Morgan fingerprint density at radius 3 is 2.79 bits per heavy atom. The number of imidazole rings is 1. The highest BCUT2D eigenvalue weighted by molar-refractivity contribution is 6.30. The molecule has 2 aliphatic rings. The number of nitrogens with one attached hydrogen (secondary N) is 2. The molecule has 0 aromatic carbocycles. The third-order valence-corrected chi connectivity index (χ3v) is 6.09. The molecule has 3 aromatic rings. The fraction of sp³-hybridized carbons (Fsp3) is 0.450. The zero-order valence-electron chi connectivity index (χ0n) is 15.8. The smallest absolute Gasteiger partial charge is 0.225 e. The standard InChI is InChI=1S/C20H24ClN7/c1-13-6-14(15-7-24-25-8-15)11-27(10-13)20-22-5-4-17(26-20)18-9-23-19-3-2-16(21)12-28(18)19/h2-5,9,12-15,24-25H,6-8,10-11H2,1H3/t13-,14-/m0/s1. The molecule has 8 heteroatoms.